The van der Waals surface area contributed by atoms with Gasteiger partial charge in [0, 0.05) is 32.7 Å². The van der Waals surface area contributed by atoms with E-state index in [2.05, 4.69) is 64.4 Å². The maximum atomic E-state index is 5.60. The second-order valence-electron chi connectivity index (χ2n) is 6.38. The van der Waals surface area contributed by atoms with Crippen LogP contribution in [0, 0.1) is 0 Å². The Labute approximate surface area is 150 Å². The Kier molecular flexibility index (Phi) is 6.46. The third-order valence-corrected chi connectivity index (χ3v) is 4.32. The van der Waals surface area contributed by atoms with Gasteiger partial charge in [0.2, 0.25) is 0 Å². The van der Waals surface area contributed by atoms with E-state index < -0.39 is 0 Å². The SMILES string of the molecule is CCCOc1ccc(/C=N/N2CCN(Cc3ccccc3)CC2)cc1. The Balaban J connectivity index is 1.44. The number of ether oxygens (including phenoxy) is 1. The van der Waals surface area contributed by atoms with Crippen molar-refractivity contribution in [2.45, 2.75) is 19.9 Å². The summed E-state index contributed by atoms with van der Waals surface area (Å²) in [4.78, 5) is 2.49. The number of hydrazone groups is 1. The maximum absolute atomic E-state index is 5.60. The van der Waals surface area contributed by atoms with Gasteiger partial charge in [-0.25, -0.2) is 0 Å². The molecule has 3 rings (SSSR count). The first-order valence-corrected chi connectivity index (χ1v) is 9.11. The van der Waals surface area contributed by atoms with Gasteiger partial charge in [0.15, 0.2) is 0 Å². The van der Waals surface area contributed by atoms with Crippen LogP contribution in [0.1, 0.15) is 24.5 Å². The molecule has 0 atom stereocenters. The van der Waals surface area contributed by atoms with E-state index in [1.165, 1.54) is 5.56 Å². The van der Waals surface area contributed by atoms with Crippen LogP contribution in [0.4, 0.5) is 0 Å². The van der Waals surface area contributed by atoms with Crippen molar-refractivity contribution in [3.8, 4) is 5.75 Å². The summed E-state index contributed by atoms with van der Waals surface area (Å²) in [7, 11) is 0. The number of nitrogens with zero attached hydrogens (tertiary/aromatic N) is 3. The zero-order valence-corrected chi connectivity index (χ0v) is 15.0. The summed E-state index contributed by atoms with van der Waals surface area (Å²) >= 11 is 0. The molecule has 2 aromatic carbocycles. The number of hydrogen-bond donors (Lipinski definition) is 0. The van der Waals surface area contributed by atoms with E-state index in [4.69, 9.17) is 4.74 Å². The minimum Gasteiger partial charge on any atom is -0.494 e. The lowest BCUT2D eigenvalue weighted by Gasteiger charge is -2.33. The summed E-state index contributed by atoms with van der Waals surface area (Å²) in [5.74, 6) is 0.925. The summed E-state index contributed by atoms with van der Waals surface area (Å²) in [6.07, 6.45) is 2.97. The lowest BCUT2D eigenvalue weighted by Crippen LogP contribution is -2.43. The van der Waals surface area contributed by atoms with Crippen LogP contribution in [-0.4, -0.2) is 48.9 Å². The number of hydrogen-bond acceptors (Lipinski definition) is 4. The van der Waals surface area contributed by atoms with Crippen molar-refractivity contribution in [2.24, 2.45) is 5.10 Å². The molecule has 0 unspecified atom stereocenters. The van der Waals surface area contributed by atoms with Crippen molar-refractivity contribution in [3.63, 3.8) is 0 Å². The van der Waals surface area contributed by atoms with Crippen LogP contribution < -0.4 is 4.74 Å². The monoisotopic (exact) mass is 337 g/mol. The zero-order valence-electron chi connectivity index (χ0n) is 15.0. The molecule has 0 saturated carbocycles. The van der Waals surface area contributed by atoms with E-state index in [1.54, 1.807) is 0 Å². The Bertz CT molecular complexity index is 647. The van der Waals surface area contributed by atoms with Crippen LogP contribution in [0.5, 0.6) is 5.75 Å². The molecule has 0 aromatic heterocycles. The highest BCUT2D eigenvalue weighted by Gasteiger charge is 2.15. The van der Waals surface area contributed by atoms with Crippen molar-refractivity contribution in [3.05, 3.63) is 65.7 Å². The summed E-state index contributed by atoms with van der Waals surface area (Å²) in [6, 6.07) is 18.8. The lowest BCUT2D eigenvalue weighted by atomic mass is 10.2. The van der Waals surface area contributed by atoms with Gasteiger partial charge in [0.05, 0.1) is 12.8 Å². The van der Waals surface area contributed by atoms with Crippen LogP contribution in [0.3, 0.4) is 0 Å². The molecule has 2 aromatic rings. The quantitative estimate of drug-likeness (QED) is 0.722. The highest BCUT2D eigenvalue weighted by Crippen LogP contribution is 2.12. The molecule has 0 radical (unpaired) electrons. The molecular formula is C21H27N3O. The second kappa shape index (κ2) is 9.23. The maximum Gasteiger partial charge on any atom is 0.119 e. The first kappa shape index (κ1) is 17.5. The van der Waals surface area contributed by atoms with Gasteiger partial charge in [-0.2, -0.15) is 5.10 Å². The standard InChI is InChI=1S/C21H27N3O/c1-2-16-25-21-10-8-19(9-11-21)17-22-24-14-12-23(13-15-24)18-20-6-4-3-5-7-20/h3-11,17H,2,12-16,18H2,1H3/b22-17+. The zero-order chi connectivity index (χ0) is 17.3. The third-order valence-electron chi connectivity index (χ3n) is 4.32. The fourth-order valence-electron chi connectivity index (χ4n) is 2.87. The van der Waals surface area contributed by atoms with Gasteiger partial charge in [0.25, 0.3) is 0 Å². The van der Waals surface area contributed by atoms with E-state index in [0.717, 1.165) is 57.1 Å². The van der Waals surface area contributed by atoms with Crippen LogP contribution in [-0.2, 0) is 6.54 Å². The first-order valence-electron chi connectivity index (χ1n) is 9.11. The minimum atomic E-state index is 0.765. The molecule has 4 heteroatoms. The van der Waals surface area contributed by atoms with Crippen LogP contribution >= 0.6 is 0 Å². The fourth-order valence-corrected chi connectivity index (χ4v) is 2.87. The molecule has 1 fully saturated rings. The molecule has 1 heterocycles. The molecule has 0 N–H and O–H groups in total. The summed E-state index contributed by atoms with van der Waals surface area (Å²) in [6.45, 7) is 7.95. The van der Waals surface area contributed by atoms with E-state index in [1.807, 2.05) is 18.3 Å². The molecule has 1 aliphatic rings. The summed E-state index contributed by atoms with van der Waals surface area (Å²) < 4.78 is 5.60. The van der Waals surface area contributed by atoms with E-state index in [0.29, 0.717) is 0 Å². The fraction of sp³-hybridized carbons (Fsp3) is 0.381. The van der Waals surface area contributed by atoms with Gasteiger partial charge in [-0.15, -0.1) is 0 Å². The first-order chi connectivity index (χ1) is 12.3. The molecule has 1 aliphatic heterocycles. The van der Waals surface area contributed by atoms with Crippen molar-refractivity contribution in [1.82, 2.24) is 9.91 Å². The predicted molar refractivity (Wildman–Crippen MR) is 103 cm³/mol. The average molecular weight is 337 g/mol. The van der Waals surface area contributed by atoms with Crippen LogP contribution in [0.2, 0.25) is 0 Å². The van der Waals surface area contributed by atoms with Crippen molar-refractivity contribution < 1.29 is 4.74 Å². The molecule has 0 bridgehead atoms. The molecule has 0 amide bonds. The lowest BCUT2D eigenvalue weighted by molar-refractivity contribution is 0.131. The number of piperazine rings is 1. The Hall–Kier alpha value is -2.33. The minimum absolute atomic E-state index is 0.765. The third kappa shape index (κ3) is 5.61. The molecule has 25 heavy (non-hydrogen) atoms. The summed E-state index contributed by atoms with van der Waals surface area (Å²) in [5.41, 5.74) is 2.49. The van der Waals surface area contributed by atoms with Gasteiger partial charge in [0.1, 0.15) is 5.75 Å². The van der Waals surface area contributed by atoms with Crippen molar-refractivity contribution in [2.75, 3.05) is 32.8 Å². The smallest absolute Gasteiger partial charge is 0.119 e. The molecule has 0 spiro atoms. The van der Waals surface area contributed by atoms with Gasteiger partial charge in [-0.3, -0.25) is 9.91 Å². The second-order valence-corrected chi connectivity index (χ2v) is 6.38. The van der Waals surface area contributed by atoms with Gasteiger partial charge in [-0.1, -0.05) is 37.3 Å². The molecule has 4 nitrogen and oxygen atoms in total. The predicted octanol–water partition coefficient (Wildman–Crippen LogP) is 3.63. The average Bonchev–Trinajstić information content (AvgIpc) is 2.67. The van der Waals surface area contributed by atoms with Gasteiger partial charge in [-0.05, 0) is 41.8 Å². The molecule has 132 valence electrons. The van der Waals surface area contributed by atoms with Crippen LogP contribution in [0.25, 0.3) is 0 Å². The number of benzene rings is 2. The Morgan fingerprint density at radius 1 is 0.960 bits per heavy atom. The number of rotatable bonds is 7. The highest BCUT2D eigenvalue weighted by atomic mass is 16.5. The normalized spacial score (nSPS) is 15.6. The molecule has 1 saturated heterocycles. The topological polar surface area (TPSA) is 28.1 Å². The molecule has 0 aliphatic carbocycles. The van der Waals surface area contributed by atoms with E-state index in [9.17, 15) is 0 Å². The summed E-state index contributed by atoms with van der Waals surface area (Å²) in [5, 5.41) is 6.78. The van der Waals surface area contributed by atoms with Crippen LogP contribution in [0.15, 0.2) is 59.7 Å². The van der Waals surface area contributed by atoms with E-state index >= 15 is 0 Å². The van der Waals surface area contributed by atoms with Gasteiger partial charge >= 0.3 is 0 Å². The largest absolute Gasteiger partial charge is 0.494 e. The molecular weight excluding hydrogens is 310 g/mol. The van der Waals surface area contributed by atoms with Crippen molar-refractivity contribution >= 4 is 6.21 Å². The Morgan fingerprint density at radius 2 is 1.68 bits per heavy atom. The van der Waals surface area contributed by atoms with E-state index in [-0.39, 0.29) is 0 Å². The van der Waals surface area contributed by atoms with Crippen molar-refractivity contribution in [1.29, 1.82) is 0 Å². The Morgan fingerprint density at radius 3 is 2.36 bits per heavy atom. The van der Waals surface area contributed by atoms with Gasteiger partial charge < -0.3 is 4.74 Å². The highest BCUT2D eigenvalue weighted by molar-refractivity contribution is 5.79.